The topological polar surface area (TPSA) is 56.7 Å². The molecule has 0 fully saturated rings. The van der Waals surface area contributed by atoms with E-state index in [1.54, 1.807) is 12.1 Å². The first-order valence-electron chi connectivity index (χ1n) is 8.50. The molecule has 25 heavy (non-hydrogen) atoms. The van der Waals surface area contributed by atoms with Gasteiger partial charge in [-0.25, -0.2) is 9.38 Å². The lowest BCUT2D eigenvalue weighted by molar-refractivity contribution is 0.275. The number of thiophene rings is 1. The molecule has 0 saturated carbocycles. The van der Waals surface area contributed by atoms with E-state index < -0.39 is 0 Å². The van der Waals surface area contributed by atoms with Crippen molar-refractivity contribution in [1.29, 1.82) is 0 Å². The van der Waals surface area contributed by atoms with Gasteiger partial charge in [0.15, 0.2) is 5.96 Å². The van der Waals surface area contributed by atoms with Crippen LogP contribution in [0.2, 0.25) is 0 Å². The lowest BCUT2D eigenvalue weighted by Crippen LogP contribution is -2.43. The summed E-state index contributed by atoms with van der Waals surface area (Å²) < 4.78 is 13.5. The zero-order chi connectivity index (χ0) is 18.2. The van der Waals surface area contributed by atoms with Crippen LogP contribution < -0.4 is 10.6 Å². The molecule has 0 aliphatic rings. The highest BCUT2D eigenvalue weighted by Crippen LogP contribution is 2.16. The van der Waals surface area contributed by atoms with Gasteiger partial charge in [-0.05, 0) is 50.6 Å². The summed E-state index contributed by atoms with van der Waals surface area (Å²) in [5.41, 5.74) is 1.16. The van der Waals surface area contributed by atoms with E-state index in [9.17, 15) is 4.39 Å². The minimum absolute atomic E-state index is 0.247. The van der Waals surface area contributed by atoms with Crippen molar-refractivity contribution in [2.45, 2.75) is 46.4 Å². The molecule has 1 unspecified atom stereocenters. The molecule has 0 radical (unpaired) electrons. The smallest absolute Gasteiger partial charge is 0.191 e. The van der Waals surface area contributed by atoms with Crippen LogP contribution in [0.3, 0.4) is 0 Å². The number of aryl methyl sites for hydroxylation is 1. The molecule has 4 nitrogen and oxygen atoms in total. The second-order valence-corrected chi connectivity index (χ2v) is 7.41. The van der Waals surface area contributed by atoms with Gasteiger partial charge in [0.2, 0.25) is 0 Å². The molecule has 0 amide bonds. The van der Waals surface area contributed by atoms with Crippen molar-refractivity contribution in [3.8, 4) is 0 Å². The molecule has 2 aromatic rings. The van der Waals surface area contributed by atoms with Gasteiger partial charge in [0, 0.05) is 34.3 Å². The fourth-order valence-electron chi connectivity index (χ4n) is 2.52. The van der Waals surface area contributed by atoms with Gasteiger partial charge < -0.3 is 15.7 Å². The van der Waals surface area contributed by atoms with E-state index in [2.05, 4.69) is 41.6 Å². The largest absolute Gasteiger partial charge is 0.392 e. The Morgan fingerprint density at radius 1 is 1.32 bits per heavy atom. The van der Waals surface area contributed by atoms with Gasteiger partial charge in [-0.1, -0.05) is 6.07 Å². The zero-order valence-electron chi connectivity index (χ0n) is 15.0. The number of rotatable bonds is 7. The highest BCUT2D eigenvalue weighted by molar-refractivity contribution is 7.11. The normalized spacial score (nSPS) is 12.9. The summed E-state index contributed by atoms with van der Waals surface area (Å²) in [6.45, 7) is 7.14. The number of halogens is 1. The summed E-state index contributed by atoms with van der Waals surface area (Å²) in [6, 6.07) is 9.27. The lowest BCUT2D eigenvalue weighted by Gasteiger charge is -2.17. The Morgan fingerprint density at radius 2 is 2.12 bits per heavy atom. The molecule has 3 N–H and O–H groups in total. The van der Waals surface area contributed by atoms with Crippen molar-refractivity contribution in [2.75, 3.05) is 6.54 Å². The molecule has 1 heterocycles. The SMILES string of the molecule is CCNC(=NCc1ccc(F)c(CO)c1)NC(C)Cc1ccc(C)s1. The molecule has 136 valence electrons. The molecular weight excluding hydrogens is 337 g/mol. The summed E-state index contributed by atoms with van der Waals surface area (Å²) in [6.07, 6.45) is 0.939. The fraction of sp³-hybridized carbons (Fsp3) is 0.421. The van der Waals surface area contributed by atoms with Crippen molar-refractivity contribution in [3.63, 3.8) is 0 Å². The number of hydrogen-bond donors (Lipinski definition) is 3. The molecule has 1 aromatic heterocycles. The number of nitrogens with zero attached hydrogens (tertiary/aromatic N) is 1. The first-order chi connectivity index (χ1) is 12.0. The Hall–Kier alpha value is -1.92. The molecule has 2 rings (SSSR count). The third-order valence-electron chi connectivity index (χ3n) is 3.73. The highest BCUT2D eigenvalue weighted by atomic mass is 32.1. The number of guanidine groups is 1. The number of nitrogens with one attached hydrogen (secondary N) is 2. The van der Waals surface area contributed by atoms with Gasteiger partial charge in [-0.3, -0.25) is 0 Å². The second-order valence-electron chi connectivity index (χ2n) is 6.04. The summed E-state index contributed by atoms with van der Waals surface area (Å²) in [5.74, 6) is 0.346. The predicted octanol–water partition coefficient (Wildman–Crippen LogP) is 3.37. The molecule has 0 bridgehead atoms. The number of benzene rings is 1. The van der Waals surface area contributed by atoms with Crippen LogP contribution in [-0.4, -0.2) is 23.7 Å². The number of aliphatic hydroxyl groups excluding tert-OH is 1. The second kappa shape index (κ2) is 9.53. The molecule has 0 spiro atoms. The maximum absolute atomic E-state index is 13.5. The summed E-state index contributed by atoms with van der Waals surface area (Å²) in [4.78, 5) is 7.23. The van der Waals surface area contributed by atoms with Crippen LogP contribution in [0.1, 0.15) is 34.7 Å². The Balaban J connectivity index is 1.99. The van der Waals surface area contributed by atoms with Crippen LogP contribution in [0.4, 0.5) is 4.39 Å². The van der Waals surface area contributed by atoms with E-state index in [0.717, 1.165) is 24.5 Å². The molecule has 1 aromatic carbocycles. The van der Waals surface area contributed by atoms with Crippen LogP contribution >= 0.6 is 11.3 Å². The standard InChI is InChI=1S/C19H26FN3OS/c1-4-21-19(23-13(2)9-17-7-5-14(3)25-17)22-11-15-6-8-18(20)16(10-15)12-24/h5-8,10,13,24H,4,9,11-12H2,1-3H3,(H2,21,22,23). The van der Waals surface area contributed by atoms with Crippen molar-refractivity contribution >= 4 is 17.3 Å². The quantitative estimate of drug-likeness (QED) is 0.522. The van der Waals surface area contributed by atoms with Gasteiger partial charge >= 0.3 is 0 Å². The van der Waals surface area contributed by atoms with Crippen molar-refractivity contribution in [2.24, 2.45) is 4.99 Å². The van der Waals surface area contributed by atoms with Gasteiger partial charge in [0.05, 0.1) is 13.2 Å². The maximum atomic E-state index is 13.5. The third kappa shape index (κ3) is 6.14. The van der Waals surface area contributed by atoms with E-state index in [1.807, 2.05) is 18.3 Å². The van der Waals surface area contributed by atoms with Crippen LogP contribution in [-0.2, 0) is 19.6 Å². The summed E-state index contributed by atoms with van der Waals surface area (Å²) >= 11 is 1.81. The minimum Gasteiger partial charge on any atom is -0.392 e. The average molecular weight is 364 g/mol. The van der Waals surface area contributed by atoms with Crippen LogP contribution in [0, 0.1) is 12.7 Å². The molecule has 0 aliphatic heterocycles. The number of hydrogen-bond acceptors (Lipinski definition) is 3. The Kier molecular flexibility index (Phi) is 7.40. The molecular formula is C19H26FN3OS. The first kappa shape index (κ1) is 19.4. The lowest BCUT2D eigenvalue weighted by atomic mass is 10.1. The maximum Gasteiger partial charge on any atom is 0.191 e. The van der Waals surface area contributed by atoms with Gasteiger partial charge in [0.25, 0.3) is 0 Å². The Labute approximate surface area is 152 Å². The molecule has 6 heteroatoms. The van der Waals surface area contributed by atoms with E-state index in [4.69, 9.17) is 5.11 Å². The van der Waals surface area contributed by atoms with Crippen LogP contribution in [0.25, 0.3) is 0 Å². The predicted molar refractivity (Wildman–Crippen MR) is 102 cm³/mol. The Bertz CT molecular complexity index is 714. The summed E-state index contributed by atoms with van der Waals surface area (Å²) in [5, 5.41) is 15.8. The van der Waals surface area contributed by atoms with Crippen LogP contribution in [0.5, 0.6) is 0 Å². The van der Waals surface area contributed by atoms with Gasteiger partial charge in [-0.2, -0.15) is 0 Å². The molecule has 0 aliphatic carbocycles. The average Bonchev–Trinajstić information content (AvgIpc) is 2.98. The van der Waals surface area contributed by atoms with E-state index in [1.165, 1.54) is 15.8 Å². The van der Waals surface area contributed by atoms with Gasteiger partial charge in [-0.15, -0.1) is 11.3 Å². The Morgan fingerprint density at radius 3 is 2.76 bits per heavy atom. The fourth-order valence-corrected chi connectivity index (χ4v) is 3.54. The molecule has 1 atom stereocenters. The number of aliphatic hydroxyl groups is 1. The summed E-state index contributed by atoms with van der Waals surface area (Å²) in [7, 11) is 0. The van der Waals surface area contributed by atoms with E-state index in [0.29, 0.717) is 12.1 Å². The molecule has 0 saturated heterocycles. The third-order valence-corrected chi connectivity index (χ3v) is 4.75. The van der Waals surface area contributed by atoms with Crippen molar-refractivity contribution < 1.29 is 9.50 Å². The van der Waals surface area contributed by atoms with Gasteiger partial charge in [0.1, 0.15) is 5.82 Å². The zero-order valence-corrected chi connectivity index (χ0v) is 15.8. The first-order valence-corrected chi connectivity index (χ1v) is 9.31. The van der Waals surface area contributed by atoms with E-state index in [-0.39, 0.29) is 18.5 Å². The van der Waals surface area contributed by atoms with Crippen molar-refractivity contribution in [3.05, 3.63) is 57.0 Å². The highest BCUT2D eigenvalue weighted by Gasteiger charge is 2.08. The van der Waals surface area contributed by atoms with Crippen LogP contribution in [0.15, 0.2) is 35.3 Å². The monoisotopic (exact) mass is 363 g/mol. The number of aliphatic imine (C=N–C) groups is 1. The minimum atomic E-state index is -0.389. The van der Waals surface area contributed by atoms with E-state index >= 15 is 0 Å². The van der Waals surface area contributed by atoms with Crippen molar-refractivity contribution in [1.82, 2.24) is 10.6 Å².